The fourth-order valence-corrected chi connectivity index (χ4v) is 3.68. The summed E-state index contributed by atoms with van der Waals surface area (Å²) in [5.41, 5.74) is 2.47. The number of nitrogens with one attached hydrogen (secondary N) is 1. The predicted molar refractivity (Wildman–Crippen MR) is 112 cm³/mol. The highest BCUT2D eigenvalue weighted by atomic mass is 32.2. The van der Waals surface area contributed by atoms with Gasteiger partial charge in [0.05, 0.1) is 18.0 Å². The minimum atomic E-state index is -3.37. The van der Waals surface area contributed by atoms with Gasteiger partial charge in [-0.25, -0.2) is 13.4 Å². The molecule has 1 N–H and O–H groups in total. The number of carbonyl (C=O) groups excluding carboxylic acids is 1. The molecule has 2 aromatic rings. The number of carbonyl (C=O) groups is 1. The molecule has 28 heavy (non-hydrogen) atoms. The summed E-state index contributed by atoms with van der Waals surface area (Å²) in [6, 6.07) is 16.7. The molecule has 0 saturated heterocycles. The van der Waals surface area contributed by atoms with Gasteiger partial charge in [0.1, 0.15) is 0 Å². The number of sulfonamides is 1. The Hall–Kier alpha value is -2.67. The first-order valence-corrected chi connectivity index (χ1v) is 11.0. The van der Waals surface area contributed by atoms with Crippen molar-refractivity contribution >= 4 is 27.3 Å². The van der Waals surface area contributed by atoms with Gasteiger partial charge in [0, 0.05) is 17.5 Å². The van der Waals surface area contributed by atoms with E-state index in [1.165, 1.54) is 0 Å². The van der Waals surface area contributed by atoms with Crippen LogP contribution in [-0.2, 0) is 14.8 Å². The van der Waals surface area contributed by atoms with E-state index in [4.69, 9.17) is 0 Å². The first-order valence-electron chi connectivity index (χ1n) is 9.09. The first kappa shape index (κ1) is 20.1. The van der Waals surface area contributed by atoms with Gasteiger partial charge in [-0.2, -0.15) is 5.10 Å². The standard InChI is InChI=1S/C21H25N3O3S/c1-21(2,3)20(25)24-19(15-9-6-5-7-10-15)14-18(22-24)16-11-8-12-17(13-16)23-28(4,26)27/h5-13,19,23H,14H2,1-4H3/t19-/m0/s1. The molecular formula is C21H25N3O3S. The maximum absolute atomic E-state index is 13.0. The van der Waals surface area contributed by atoms with Crippen LogP contribution in [0.25, 0.3) is 0 Å². The minimum absolute atomic E-state index is 0.0539. The van der Waals surface area contributed by atoms with Gasteiger partial charge in [-0.1, -0.05) is 63.2 Å². The van der Waals surface area contributed by atoms with Crippen molar-refractivity contribution in [2.45, 2.75) is 33.2 Å². The van der Waals surface area contributed by atoms with Gasteiger partial charge in [0.15, 0.2) is 0 Å². The number of rotatable bonds is 4. The van der Waals surface area contributed by atoms with Gasteiger partial charge < -0.3 is 0 Å². The highest BCUT2D eigenvalue weighted by Gasteiger charge is 2.37. The van der Waals surface area contributed by atoms with E-state index >= 15 is 0 Å². The smallest absolute Gasteiger partial charge is 0.248 e. The molecule has 0 aromatic heterocycles. The Labute approximate surface area is 166 Å². The van der Waals surface area contributed by atoms with Crippen molar-refractivity contribution in [3.05, 3.63) is 65.7 Å². The summed E-state index contributed by atoms with van der Waals surface area (Å²) in [5.74, 6) is -0.0539. The second-order valence-electron chi connectivity index (χ2n) is 8.03. The molecule has 0 unspecified atom stereocenters. The van der Waals surface area contributed by atoms with Crippen molar-refractivity contribution in [2.24, 2.45) is 10.5 Å². The molecule has 1 aliphatic rings. The molecule has 3 rings (SSSR count). The summed E-state index contributed by atoms with van der Waals surface area (Å²) in [5, 5.41) is 6.21. The minimum Gasteiger partial charge on any atom is -0.284 e. The second kappa shape index (κ2) is 7.39. The first-order chi connectivity index (χ1) is 13.0. The normalized spacial score (nSPS) is 17.4. The number of benzene rings is 2. The lowest BCUT2D eigenvalue weighted by atomic mass is 9.93. The molecule has 1 atom stereocenters. The van der Waals surface area contributed by atoms with Crippen molar-refractivity contribution in [2.75, 3.05) is 11.0 Å². The molecule has 0 radical (unpaired) electrons. The third kappa shape index (κ3) is 4.59. The van der Waals surface area contributed by atoms with Crippen molar-refractivity contribution in [1.82, 2.24) is 5.01 Å². The molecule has 7 heteroatoms. The molecular weight excluding hydrogens is 374 g/mol. The van der Waals surface area contributed by atoms with E-state index in [1.807, 2.05) is 57.2 Å². The highest BCUT2D eigenvalue weighted by Crippen LogP contribution is 2.36. The average Bonchev–Trinajstić information content (AvgIpc) is 3.05. The fraction of sp³-hybridized carbons (Fsp3) is 0.333. The Morgan fingerprint density at radius 1 is 1.11 bits per heavy atom. The van der Waals surface area contributed by atoms with Crippen LogP contribution in [0.5, 0.6) is 0 Å². The van der Waals surface area contributed by atoms with Gasteiger partial charge in [0.25, 0.3) is 0 Å². The Balaban J connectivity index is 1.98. The van der Waals surface area contributed by atoms with E-state index in [-0.39, 0.29) is 11.9 Å². The lowest BCUT2D eigenvalue weighted by Crippen LogP contribution is -2.36. The largest absolute Gasteiger partial charge is 0.284 e. The highest BCUT2D eigenvalue weighted by molar-refractivity contribution is 7.92. The zero-order valence-corrected chi connectivity index (χ0v) is 17.3. The van der Waals surface area contributed by atoms with E-state index in [1.54, 1.807) is 23.2 Å². The summed E-state index contributed by atoms with van der Waals surface area (Å²) >= 11 is 0. The quantitative estimate of drug-likeness (QED) is 0.850. The van der Waals surface area contributed by atoms with Crippen LogP contribution < -0.4 is 4.72 Å². The third-order valence-electron chi connectivity index (χ3n) is 4.44. The monoisotopic (exact) mass is 399 g/mol. The molecule has 1 amide bonds. The van der Waals surface area contributed by atoms with Crippen LogP contribution >= 0.6 is 0 Å². The number of hydrogen-bond acceptors (Lipinski definition) is 4. The molecule has 0 spiro atoms. The zero-order chi connectivity index (χ0) is 20.5. The summed E-state index contributed by atoms with van der Waals surface area (Å²) in [6.45, 7) is 5.63. The van der Waals surface area contributed by atoms with Gasteiger partial charge >= 0.3 is 0 Å². The van der Waals surface area contributed by atoms with Gasteiger partial charge in [-0.15, -0.1) is 0 Å². The number of amides is 1. The van der Waals surface area contributed by atoms with Gasteiger partial charge in [0.2, 0.25) is 15.9 Å². The Kier molecular flexibility index (Phi) is 5.30. The van der Waals surface area contributed by atoms with Crippen LogP contribution in [0.3, 0.4) is 0 Å². The van der Waals surface area contributed by atoms with Crippen molar-refractivity contribution in [3.63, 3.8) is 0 Å². The number of hydrazone groups is 1. The summed E-state index contributed by atoms with van der Waals surface area (Å²) in [7, 11) is -3.37. The number of hydrogen-bond donors (Lipinski definition) is 1. The lowest BCUT2D eigenvalue weighted by molar-refractivity contribution is -0.141. The van der Waals surface area contributed by atoms with Crippen LogP contribution in [0.1, 0.15) is 44.4 Å². The lowest BCUT2D eigenvalue weighted by Gasteiger charge is -2.28. The van der Waals surface area contributed by atoms with E-state index < -0.39 is 15.4 Å². The van der Waals surface area contributed by atoms with Crippen molar-refractivity contribution < 1.29 is 13.2 Å². The Morgan fingerprint density at radius 2 is 1.79 bits per heavy atom. The van der Waals surface area contributed by atoms with Crippen LogP contribution in [-0.4, -0.2) is 31.3 Å². The van der Waals surface area contributed by atoms with Crippen molar-refractivity contribution in [3.8, 4) is 0 Å². The molecule has 148 valence electrons. The molecule has 0 fully saturated rings. The maximum atomic E-state index is 13.0. The van der Waals surface area contributed by atoms with Gasteiger partial charge in [-0.05, 0) is 23.3 Å². The van der Waals surface area contributed by atoms with Gasteiger partial charge in [-0.3, -0.25) is 9.52 Å². The van der Waals surface area contributed by atoms with Crippen molar-refractivity contribution in [1.29, 1.82) is 0 Å². The topological polar surface area (TPSA) is 78.8 Å². The average molecular weight is 400 g/mol. The van der Waals surface area contributed by atoms with E-state index in [2.05, 4.69) is 9.82 Å². The summed E-state index contributed by atoms with van der Waals surface area (Å²) in [4.78, 5) is 13.0. The summed E-state index contributed by atoms with van der Waals surface area (Å²) < 4.78 is 25.5. The molecule has 0 aliphatic carbocycles. The molecule has 6 nitrogen and oxygen atoms in total. The Bertz CT molecular complexity index is 1010. The molecule has 0 bridgehead atoms. The van der Waals surface area contributed by atoms with Crippen LogP contribution in [0.4, 0.5) is 5.69 Å². The SMILES string of the molecule is CC(C)(C)C(=O)N1N=C(c2cccc(NS(C)(=O)=O)c2)C[C@H]1c1ccccc1. The Morgan fingerprint density at radius 3 is 2.39 bits per heavy atom. The van der Waals surface area contributed by atoms with Crippen LogP contribution in [0.15, 0.2) is 59.7 Å². The van der Waals surface area contributed by atoms with E-state index in [0.29, 0.717) is 12.1 Å². The third-order valence-corrected chi connectivity index (χ3v) is 5.05. The molecule has 1 heterocycles. The van der Waals surface area contributed by atoms with E-state index in [9.17, 15) is 13.2 Å². The molecule has 1 aliphatic heterocycles. The predicted octanol–water partition coefficient (Wildman–Crippen LogP) is 3.78. The zero-order valence-electron chi connectivity index (χ0n) is 16.5. The maximum Gasteiger partial charge on any atom is 0.248 e. The molecule has 0 saturated carbocycles. The van der Waals surface area contributed by atoms with Crippen LogP contribution in [0.2, 0.25) is 0 Å². The van der Waals surface area contributed by atoms with Crippen LogP contribution in [0, 0.1) is 5.41 Å². The summed E-state index contributed by atoms with van der Waals surface area (Å²) in [6.07, 6.45) is 1.68. The number of nitrogens with zero attached hydrogens (tertiary/aromatic N) is 2. The molecule has 2 aromatic carbocycles. The number of anilines is 1. The van der Waals surface area contributed by atoms with E-state index in [0.717, 1.165) is 23.1 Å². The fourth-order valence-electron chi connectivity index (χ4n) is 3.13. The second-order valence-corrected chi connectivity index (χ2v) is 9.78.